The van der Waals surface area contributed by atoms with Gasteiger partial charge in [0.05, 0.1) is 36.2 Å². The van der Waals surface area contributed by atoms with Crippen molar-refractivity contribution in [2.45, 2.75) is 6.92 Å². The van der Waals surface area contributed by atoms with Crippen molar-refractivity contribution in [2.24, 2.45) is 7.05 Å². The fraction of sp³-hybridized carbons (Fsp3) is 0.200. The van der Waals surface area contributed by atoms with Gasteiger partial charge in [0, 0.05) is 36.8 Å². The van der Waals surface area contributed by atoms with Crippen LogP contribution < -0.4 is 9.36 Å². The zero-order valence-electron chi connectivity index (χ0n) is 17.3. The molecule has 0 fully saturated rings. The minimum atomic E-state index is -4.37. The minimum Gasteiger partial charge on any atom is -0.497 e. The first-order valence-electron chi connectivity index (χ1n) is 9.39. The van der Waals surface area contributed by atoms with Gasteiger partial charge in [-0.2, -0.15) is 4.73 Å². The Morgan fingerprint density at radius 1 is 1.10 bits per heavy atom. The molecule has 1 unspecified atom stereocenters. The maximum Gasteiger partial charge on any atom is 0.546 e. The van der Waals surface area contributed by atoms with E-state index in [0.29, 0.717) is 22.6 Å². The second-order valence-electron chi connectivity index (χ2n) is 7.13. The lowest BCUT2D eigenvalue weighted by atomic mass is 10.1. The Labute approximate surface area is 176 Å². The van der Waals surface area contributed by atoms with Gasteiger partial charge in [0.2, 0.25) is 0 Å². The highest BCUT2D eigenvalue weighted by Crippen LogP contribution is 2.42. The van der Waals surface area contributed by atoms with Crippen molar-refractivity contribution in [2.75, 3.05) is 14.2 Å². The number of aromatic nitrogens is 5. The molecule has 11 heteroatoms. The summed E-state index contributed by atoms with van der Waals surface area (Å²) in [5, 5.41) is 0.887. The number of methoxy groups -OCH3 is 1. The maximum atomic E-state index is 12.3. The van der Waals surface area contributed by atoms with Crippen LogP contribution >= 0.6 is 7.82 Å². The molecule has 1 atom stereocenters. The van der Waals surface area contributed by atoms with Crippen LogP contribution in [0.4, 0.5) is 0 Å². The molecule has 1 aromatic carbocycles. The first kappa shape index (κ1) is 19.6. The summed E-state index contributed by atoms with van der Waals surface area (Å²) in [6.07, 6.45) is 5.27. The quantitative estimate of drug-likeness (QED) is 0.417. The Kier molecular flexibility index (Phi) is 4.33. The number of phosphoric acid groups is 1. The molecule has 0 radical (unpaired) electrons. The van der Waals surface area contributed by atoms with Gasteiger partial charge >= 0.3 is 7.82 Å². The zero-order chi connectivity index (χ0) is 21.9. The molecule has 5 rings (SSSR count). The lowest BCUT2D eigenvalue weighted by Gasteiger charge is -2.14. The largest absolute Gasteiger partial charge is 0.546 e. The maximum absolute atomic E-state index is 12.3. The third-order valence-electron chi connectivity index (χ3n) is 5.33. The number of hydrogen-bond acceptors (Lipinski definition) is 6. The average Bonchev–Trinajstić information content (AvgIpc) is 3.41. The van der Waals surface area contributed by atoms with E-state index in [-0.39, 0.29) is 0 Å². The van der Waals surface area contributed by atoms with Gasteiger partial charge < -0.3 is 13.9 Å². The smallest absolute Gasteiger partial charge is 0.497 e. The van der Waals surface area contributed by atoms with Gasteiger partial charge in [0.1, 0.15) is 11.6 Å². The van der Waals surface area contributed by atoms with E-state index in [0.717, 1.165) is 34.9 Å². The lowest BCUT2D eigenvalue weighted by Crippen LogP contribution is -2.11. The molecule has 160 valence electrons. The Morgan fingerprint density at radius 2 is 1.87 bits per heavy atom. The topological polar surface area (TPSA) is 105 Å². The summed E-state index contributed by atoms with van der Waals surface area (Å²) >= 11 is 0. The standard InChI is InChI=1S/C20H20N5O5P/c1-12-21-9-13-10-22-20-19(24(12)13)8-18(25(20)30-31(26,27)29-4)16-11-23(2)17-6-5-14(28-3)7-15(16)17/h5-11H,1-4H3,(H,26,27). The summed E-state index contributed by atoms with van der Waals surface area (Å²) in [4.78, 5) is 18.9. The summed E-state index contributed by atoms with van der Waals surface area (Å²) in [5.74, 6) is 1.45. The fourth-order valence-corrected chi connectivity index (χ4v) is 4.29. The number of aryl methyl sites for hydroxylation is 2. The minimum absolute atomic E-state index is 0.356. The first-order chi connectivity index (χ1) is 14.8. The molecule has 31 heavy (non-hydrogen) atoms. The number of fused-ring (bicyclic) bond motifs is 4. The van der Waals surface area contributed by atoms with Crippen LogP contribution in [0.15, 0.2) is 42.9 Å². The molecule has 0 aliphatic rings. The molecule has 0 aliphatic carbocycles. The number of nitrogens with zero attached hydrogens (tertiary/aromatic N) is 5. The van der Waals surface area contributed by atoms with E-state index in [9.17, 15) is 9.46 Å². The van der Waals surface area contributed by atoms with Crippen LogP contribution in [0.2, 0.25) is 0 Å². The third kappa shape index (κ3) is 2.99. The van der Waals surface area contributed by atoms with E-state index >= 15 is 0 Å². The number of imidazole rings is 1. The zero-order valence-corrected chi connectivity index (χ0v) is 18.2. The highest BCUT2D eigenvalue weighted by molar-refractivity contribution is 7.47. The van der Waals surface area contributed by atoms with E-state index in [2.05, 4.69) is 14.5 Å². The summed E-state index contributed by atoms with van der Waals surface area (Å²) in [7, 11) is 0.267. The van der Waals surface area contributed by atoms with E-state index in [1.807, 2.05) is 53.4 Å². The molecule has 4 aromatic heterocycles. The average molecular weight is 441 g/mol. The molecule has 4 heterocycles. The van der Waals surface area contributed by atoms with Crippen molar-refractivity contribution < 1.29 is 23.3 Å². The molecular formula is C20H20N5O5P. The molecule has 0 bridgehead atoms. The van der Waals surface area contributed by atoms with Crippen LogP contribution in [-0.2, 0) is 16.1 Å². The van der Waals surface area contributed by atoms with Crippen LogP contribution in [0.25, 0.3) is 38.8 Å². The summed E-state index contributed by atoms with van der Waals surface area (Å²) in [5.41, 5.74) is 4.11. The van der Waals surface area contributed by atoms with Crippen LogP contribution in [0.5, 0.6) is 5.75 Å². The molecule has 0 aliphatic heterocycles. The van der Waals surface area contributed by atoms with Crippen molar-refractivity contribution in [3.05, 3.63) is 48.7 Å². The van der Waals surface area contributed by atoms with Crippen LogP contribution in [0.3, 0.4) is 0 Å². The number of hydrogen-bond donors (Lipinski definition) is 1. The number of phosphoric ester groups is 1. The third-order valence-corrected chi connectivity index (χ3v) is 6.16. The molecule has 10 nitrogen and oxygen atoms in total. The predicted molar refractivity (Wildman–Crippen MR) is 115 cm³/mol. The normalized spacial score (nSPS) is 13.8. The van der Waals surface area contributed by atoms with E-state index in [1.54, 1.807) is 19.5 Å². The van der Waals surface area contributed by atoms with Crippen LogP contribution in [0.1, 0.15) is 5.82 Å². The summed E-state index contributed by atoms with van der Waals surface area (Å²) < 4.78 is 33.0. The first-order valence-corrected chi connectivity index (χ1v) is 10.9. The van der Waals surface area contributed by atoms with Crippen LogP contribution in [-0.4, -0.2) is 42.8 Å². The highest BCUT2D eigenvalue weighted by atomic mass is 31.2. The summed E-state index contributed by atoms with van der Waals surface area (Å²) in [6, 6.07) is 7.60. The van der Waals surface area contributed by atoms with Crippen molar-refractivity contribution in [1.82, 2.24) is 23.7 Å². The Hall–Kier alpha value is -3.33. The van der Waals surface area contributed by atoms with Gasteiger partial charge in [0.25, 0.3) is 0 Å². The molecular weight excluding hydrogens is 421 g/mol. The van der Waals surface area contributed by atoms with E-state index < -0.39 is 7.82 Å². The second-order valence-corrected chi connectivity index (χ2v) is 8.59. The molecule has 0 amide bonds. The number of ether oxygens (including phenoxy) is 1. The molecule has 5 aromatic rings. The van der Waals surface area contributed by atoms with Gasteiger partial charge in [-0.25, -0.2) is 14.5 Å². The molecule has 0 spiro atoms. The van der Waals surface area contributed by atoms with Gasteiger partial charge in [-0.15, -0.1) is 0 Å². The van der Waals surface area contributed by atoms with Gasteiger partial charge in [0.15, 0.2) is 5.65 Å². The monoisotopic (exact) mass is 441 g/mol. The van der Waals surface area contributed by atoms with Crippen molar-refractivity contribution in [3.63, 3.8) is 0 Å². The Bertz CT molecular complexity index is 1520. The van der Waals surface area contributed by atoms with Gasteiger partial charge in [-0.1, -0.05) is 0 Å². The Balaban J connectivity index is 1.88. The fourth-order valence-electron chi connectivity index (χ4n) is 3.86. The van der Waals surface area contributed by atoms with Crippen molar-refractivity contribution in [3.8, 4) is 17.0 Å². The van der Waals surface area contributed by atoms with Crippen LogP contribution in [0, 0.1) is 6.92 Å². The number of rotatable bonds is 5. The van der Waals surface area contributed by atoms with Crippen molar-refractivity contribution >= 4 is 35.4 Å². The Morgan fingerprint density at radius 3 is 2.61 bits per heavy atom. The van der Waals surface area contributed by atoms with E-state index in [1.165, 1.54) is 4.73 Å². The number of benzene rings is 1. The van der Waals surface area contributed by atoms with E-state index in [4.69, 9.17) is 9.36 Å². The summed E-state index contributed by atoms with van der Waals surface area (Å²) in [6.45, 7) is 1.87. The molecule has 0 saturated carbocycles. The second kappa shape index (κ2) is 6.84. The predicted octanol–water partition coefficient (Wildman–Crippen LogP) is 3.34. The SMILES string of the molecule is COc1ccc2c(c1)c(-c1cc3c(ncc4cnc(C)n43)n1OP(=O)(O)OC)cn2C. The molecule has 0 saturated heterocycles. The van der Waals surface area contributed by atoms with Crippen molar-refractivity contribution in [1.29, 1.82) is 0 Å². The molecule has 1 N–H and O–H groups in total. The lowest BCUT2D eigenvalue weighted by molar-refractivity contribution is 0.165. The van der Waals surface area contributed by atoms with Gasteiger partial charge in [-0.3, -0.25) is 13.8 Å². The highest BCUT2D eigenvalue weighted by Gasteiger charge is 2.27. The van der Waals surface area contributed by atoms with Gasteiger partial charge in [-0.05, 0) is 31.2 Å².